The molecule has 4 aromatic rings. The second kappa shape index (κ2) is 19.8. The first-order valence-corrected chi connectivity index (χ1v) is 19.5. The molecule has 2 unspecified atom stereocenters. The van der Waals surface area contributed by atoms with Crippen LogP contribution in [0.5, 0.6) is 23.0 Å². The molecule has 10 nitrogen and oxygen atoms in total. The molecule has 0 saturated heterocycles. The first kappa shape index (κ1) is 43.0. The molecule has 2 atom stereocenters. The zero-order valence-electron chi connectivity index (χ0n) is 30.8. The molecule has 4 aromatic carbocycles. The van der Waals surface area contributed by atoms with Gasteiger partial charge >= 0.3 is 29.8 Å². The van der Waals surface area contributed by atoms with Crippen molar-refractivity contribution in [2.24, 2.45) is 0 Å². The quantitative estimate of drug-likeness (QED) is 0.0373. The Hall–Kier alpha value is -6.13. The summed E-state index contributed by atoms with van der Waals surface area (Å²) in [6.07, 6.45) is 10.6. The maximum absolute atomic E-state index is 12.9. The second-order valence-electron chi connectivity index (χ2n) is 12.2. The molecule has 0 N–H and O–H groups in total. The van der Waals surface area contributed by atoms with Crippen molar-refractivity contribution >= 4 is 80.6 Å². The molecule has 0 amide bonds. The number of halogens is 2. The molecule has 292 valence electrons. The van der Waals surface area contributed by atoms with Gasteiger partial charge in [0.05, 0.1) is 3.57 Å². The summed E-state index contributed by atoms with van der Waals surface area (Å²) >= 11 is 4.22. The van der Waals surface area contributed by atoms with Gasteiger partial charge in [0.2, 0.25) is 0 Å². The van der Waals surface area contributed by atoms with Crippen LogP contribution >= 0.6 is 45.2 Å². The number of esters is 5. The van der Waals surface area contributed by atoms with Crippen LogP contribution in [0.25, 0.3) is 16.7 Å². The van der Waals surface area contributed by atoms with E-state index < -0.39 is 41.9 Å². The van der Waals surface area contributed by atoms with Crippen molar-refractivity contribution in [2.45, 2.75) is 18.4 Å². The fourth-order valence-corrected chi connectivity index (χ4v) is 7.91. The van der Waals surface area contributed by atoms with Crippen LogP contribution in [-0.2, 0) is 28.7 Å². The van der Waals surface area contributed by atoms with E-state index in [0.29, 0.717) is 49.1 Å². The minimum atomic E-state index is -0.974. The van der Waals surface area contributed by atoms with Crippen molar-refractivity contribution in [3.8, 4) is 34.1 Å². The van der Waals surface area contributed by atoms with Crippen molar-refractivity contribution in [3.63, 3.8) is 0 Å². The number of hydrogen-bond donors (Lipinski definition) is 0. The molecule has 0 spiro atoms. The van der Waals surface area contributed by atoms with Crippen molar-refractivity contribution in [2.75, 3.05) is 0 Å². The van der Waals surface area contributed by atoms with Gasteiger partial charge in [0.15, 0.2) is 0 Å². The molecule has 0 saturated carbocycles. The molecular weight excluding hydrogens is 966 g/mol. The molecule has 1 aliphatic rings. The van der Waals surface area contributed by atoms with Crippen molar-refractivity contribution in [3.05, 3.63) is 184 Å². The Balaban J connectivity index is 1.83. The highest BCUT2D eigenvalue weighted by Crippen LogP contribution is 2.48. The lowest BCUT2D eigenvalue weighted by Gasteiger charge is -2.27. The van der Waals surface area contributed by atoms with Crippen LogP contribution in [-0.4, -0.2) is 36.0 Å². The van der Waals surface area contributed by atoms with Gasteiger partial charge in [-0.1, -0.05) is 69.3 Å². The highest BCUT2D eigenvalue weighted by molar-refractivity contribution is 14.1. The van der Waals surface area contributed by atoms with E-state index in [1.54, 1.807) is 60.7 Å². The van der Waals surface area contributed by atoms with E-state index in [0.717, 1.165) is 39.5 Å². The van der Waals surface area contributed by atoms with Crippen molar-refractivity contribution < 1.29 is 47.7 Å². The van der Waals surface area contributed by atoms with Gasteiger partial charge in [0.25, 0.3) is 0 Å². The normalized spacial score (nSPS) is 13.4. The summed E-state index contributed by atoms with van der Waals surface area (Å²) in [6.45, 7) is 17.6. The topological polar surface area (TPSA) is 132 Å². The number of carbonyl (C=O) groups is 5. The summed E-state index contributed by atoms with van der Waals surface area (Å²) in [5.41, 5.74) is 4.09. The van der Waals surface area contributed by atoms with Crippen LogP contribution in [0.1, 0.15) is 34.6 Å². The molecule has 12 heteroatoms. The van der Waals surface area contributed by atoms with E-state index in [-0.39, 0.29) is 17.2 Å². The van der Waals surface area contributed by atoms with E-state index in [4.69, 9.17) is 23.7 Å². The SMILES string of the molecule is C=CC(=O)Oc1ccc(-c2ccc(OC(=O)C=C)c(C(c3cc(C4=CCC(OC(=O)C=C)C=C4)ccc3OC(=O)C=C)c3cc(I)cc(I)c3OC(=O)C=C)c2)cc1. The van der Waals surface area contributed by atoms with E-state index in [2.05, 4.69) is 78.1 Å². The third-order valence-electron chi connectivity index (χ3n) is 8.51. The Kier molecular flexibility index (Phi) is 14.7. The highest BCUT2D eigenvalue weighted by Gasteiger charge is 2.31. The maximum Gasteiger partial charge on any atom is 0.335 e. The lowest BCUT2D eigenvalue weighted by atomic mass is 9.81. The summed E-state index contributed by atoms with van der Waals surface area (Å²) in [7, 11) is 0. The van der Waals surface area contributed by atoms with Crippen molar-refractivity contribution in [1.82, 2.24) is 0 Å². The number of carbonyl (C=O) groups excluding carboxylic acids is 5. The predicted molar refractivity (Wildman–Crippen MR) is 236 cm³/mol. The fourth-order valence-electron chi connectivity index (χ4n) is 5.91. The van der Waals surface area contributed by atoms with E-state index in [1.165, 1.54) is 0 Å². The second-order valence-corrected chi connectivity index (χ2v) is 14.6. The van der Waals surface area contributed by atoms with Crippen molar-refractivity contribution in [1.29, 1.82) is 0 Å². The Morgan fingerprint density at radius 3 is 1.66 bits per heavy atom. The summed E-state index contributed by atoms with van der Waals surface area (Å²) in [6, 6.07) is 20.8. The molecule has 0 aliphatic heterocycles. The van der Waals surface area contributed by atoms with Gasteiger partial charge in [-0.15, -0.1) is 0 Å². The molecule has 0 aromatic heterocycles. The first-order valence-electron chi connectivity index (χ1n) is 17.3. The average Bonchev–Trinajstić information content (AvgIpc) is 3.23. The van der Waals surface area contributed by atoms with Crippen LogP contribution < -0.4 is 18.9 Å². The lowest BCUT2D eigenvalue weighted by Crippen LogP contribution is -2.16. The van der Waals surface area contributed by atoms with E-state index in [9.17, 15) is 24.0 Å². The van der Waals surface area contributed by atoms with Gasteiger partial charge in [-0.3, -0.25) is 0 Å². The number of rotatable bonds is 15. The largest absolute Gasteiger partial charge is 0.455 e. The Morgan fingerprint density at radius 2 is 1.10 bits per heavy atom. The monoisotopic (exact) mass is 1000 g/mol. The van der Waals surface area contributed by atoms with Gasteiger partial charge in [-0.05, 0) is 122 Å². The Morgan fingerprint density at radius 1 is 0.586 bits per heavy atom. The predicted octanol–water partition coefficient (Wildman–Crippen LogP) is 9.55. The molecular formula is C46H34I2O10. The van der Waals surface area contributed by atoms with Gasteiger partial charge < -0.3 is 23.7 Å². The summed E-state index contributed by atoms with van der Waals surface area (Å²) < 4.78 is 29.7. The molecule has 0 radical (unpaired) electrons. The van der Waals surface area contributed by atoms with Crippen LogP contribution in [0.4, 0.5) is 0 Å². The standard InChI is InChI=1S/C46H34I2O10/c1-6-40(49)54-32-17-11-27(12-18-32)29-15-21-38(56-42(51)8-3)34(23-29)45(36-25-31(47)26-37(48)46(36)58-44(53)10-5)35-24-30(16-22-39(35)57-43(52)9-4)28-13-19-33(20-14-28)55-41(50)7-2/h6-19,21-26,33,45H,1-5,20H2. The van der Waals surface area contributed by atoms with Crippen LogP contribution in [0.2, 0.25) is 0 Å². The summed E-state index contributed by atoms with van der Waals surface area (Å²) in [5.74, 6) is -3.60. The zero-order chi connectivity index (χ0) is 41.9. The third-order valence-corrected chi connectivity index (χ3v) is 9.94. The first-order chi connectivity index (χ1) is 27.9. The van der Waals surface area contributed by atoms with Crippen LogP contribution in [0.3, 0.4) is 0 Å². The van der Waals surface area contributed by atoms with Gasteiger partial charge in [-0.2, -0.15) is 0 Å². The van der Waals surface area contributed by atoms with Gasteiger partial charge in [-0.25, -0.2) is 24.0 Å². The molecule has 0 bridgehead atoms. The molecule has 5 rings (SSSR count). The van der Waals surface area contributed by atoms with E-state index >= 15 is 0 Å². The van der Waals surface area contributed by atoms with Gasteiger partial charge in [0.1, 0.15) is 29.1 Å². The smallest absolute Gasteiger partial charge is 0.335 e. The molecule has 0 fully saturated rings. The van der Waals surface area contributed by atoms with E-state index in [1.807, 2.05) is 30.4 Å². The third kappa shape index (κ3) is 10.6. The molecule has 58 heavy (non-hydrogen) atoms. The van der Waals surface area contributed by atoms with Crippen LogP contribution in [0, 0.1) is 7.14 Å². The summed E-state index contributed by atoms with van der Waals surface area (Å²) in [5, 5.41) is 0. The number of allylic oxidation sites excluding steroid dienone is 2. The number of ether oxygens (including phenoxy) is 5. The summed E-state index contributed by atoms with van der Waals surface area (Å²) in [4.78, 5) is 62.5. The number of benzene rings is 4. The molecule has 1 aliphatic carbocycles. The minimum absolute atomic E-state index is 0.125. The number of hydrogen-bond acceptors (Lipinski definition) is 10. The highest BCUT2D eigenvalue weighted by atomic mass is 127. The minimum Gasteiger partial charge on any atom is -0.455 e. The maximum atomic E-state index is 12.9. The Bertz CT molecular complexity index is 2420. The van der Waals surface area contributed by atoms with Crippen LogP contribution in [0.15, 0.2) is 154 Å². The fraction of sp³-hybridized carbons (Fsp3) is 0.0652. The lowest BCUT2D eigenvalue weighted by molar-refractivity contribution is -0.140. The Labute approximate surface area is 362 Å². The molecule has 0 heterocycles. The van der Waals surface area contributed by atoms with Gasteiger partial charge in [0, 0.05) is 63.0 Å². The average molecular weight is 1000 g/mol. The zero-order valence-corrected chi connectivity index (χ0v) is 35.1.